The Labute approximate surface area is 179 Å². The predicted molar refractivity (Wildman–Crippen MR) is 117 cm³/mol. The summed E-state index contributed by atoms with van der Waals surface area (Å²) in [6.07, 6.45) is 2.71. The van der Waals surface area contributed by atoms with Gasteiger partial charge in [-0.25, -0.2) is 18.6 Å². The van der Waals surface area contributed by atoms with Gasteiger partial charge in [0.05, 0.1) is 17.9 Å². The highest BCUT2D eigenvalue weighted by Crippen LogP contribution is 2.29. The lowest BCUT2D eigenvalue weighted by Crippen LogP contribution is -2.06. The largest absolute Gasteiger partial charge is 0.488 e. The summed E-state index contributed by atoms with van der Waals surface area (Å²) in [5.41, 5.74) is 2.30. The van der Waals surface area contributed by atoms with Gasteiger partial charge in [0.1, 0.15) is 24.5 Å². The molecule has 0 saturated heterocycles. The normalized spacial score (nSPS) is 12.7. The molecule has 0 aliphatic carbocycles. The van der Waals surface area contributed by atoms with Gasteiger partial charge in [-0.1, -0.05) is 18.7 Å². The number of hydrogen-bond acceptors (Lipinski definition) is 8. The van der Waals surface area contributed by atoms with E-state index in [9.17, 15) is 8.60 Å². The molecule has 162 valence electrons. The van der Waals surface area contributed by atoms with Gasteiger partial charge in [-0.05, 0) is 35.4 Å². The second kappa shape index (κ2) is 9.63. The first-order valence-corrected chi connectivity index (χ1v) is 11.3. The first kappa shape index (κ1) is 22.3. The molecule has 0 amide bonds. The van der Waals surface area contributed by atoms with Crippen LogP contribution < -0.4 is 10.1 Å². The number of nitrogens with zero attached hydrogens (tertiary/aromatic N) is 3. The van der Waals surface area contributed by atoms with Gasteiger partial charge in [-0.2, -0.15) is 4.98 Å². The molecule has 2 aromatic carbocycles. The van der Waals surface area contributed by atoms with Crippen molar-refractivity contribution in [1.29, 1.82) is 4.78 Å². The lowest BCUT2D eigenvalue weighted by Gasteiger charge is -2.12. The van der Waals surface area contributed by atoms with Crippen LogP contribution in [0.4, 0.5) is 16.0 Å². The summed E-state index contributed by atoms with van der Waals surface area (Å²) in [7, 11) is -2.67. The number of aromatic nitrogens is 3. The maximum atomic E-state index is 13.7. The van der Waals surface area contributed by atoms with Crippen LogP contribution in [0.5, 0.6) is 5.75 Å². The molecule has 0 aliphatic heterocycles. The van der Waals surface area contributed by atoms with Crippen molar-refractivity contribution >= 4 is 21.4 Å². The summed E-state index contributed by atoms with van der Waals surface area (Å²) in [6.45, 7) is 3.43. The van der Waals surface area contributed by atoms with Crippen molar-refractivity contribution in [3.63, 3.8) is 0 Å². The van der Waals surface area contributed by atoms with Crippen molar-refractivity contribution in [1.82, 2.24) is 15.0 Å². The van der Waals surface area contributed by atoms with Gasteiger partial charge >= 0.3 is 0 Å². The maximum absolute atomic E-state index is 13.7. The molecule has 1 atom stereocenters. The number of rotatable bonds is 9. The Kier molecular flexibility index (Phi) is 6.93. The third-order valence-electron chi connectivity index (χ3n) is 4.04. The Bertz CT molecular complexity index is 1200. The zero-order chi connectivity index (χ0) is 22.4. The Morgan fingerprint density at radius 1 is 1.29 bits per heavy atom. The summed E-state index contributed by atoms with van der Waals surface area (Å²) in [5, 5.41) is 12.1. The van der Waals surface area contributed by atoms with E-state index >= 15 is 0 Å². The molecule has 31 heavy (non-hydrogen) atoms. The quantitative estimate of drug-likeness (QED) is 0.433. The highest BCUT2D eigenvalue weighted by Gasteiger charge is 2.13. The van der Waals surface area contributed by atoms with Crippen molar-refractivity contribution in [3.8, 4) is 17.1 Å². The molecule has 0 fully saturated rings. The molecule has 0 radical (unpaired) electrons. The predicted octanol–water partition coefficient (Wildman–Crippen LogP) is 3.53. The Hall–Kier alpha value is -3.37. The highest BCUT2D eigenvalue weighted by atomic mass is 32.2. The molecule has 0 bridgehead atoms. The van der Waals surface area contributed by atoms with Crippen LogP contribution in [0.1, 0.15) is 5.56 Å². The van der Waals surface area contributed by atoms with Gasteiger partial charge in [0.25, 0.3) is 0 Å². The topological polar surface area (TPSA) is 121 Å². The van der Waals surface area contributed by atoms with Gasteiger partial charge in [-0.3, -0.25) is 4.78 Å². The fraction of sp³-hybridized carbons (Fsp3) is 0.190. The number of nitrogens with one attached hydrogen (secondary N) is 2. The first-order valence-electron chi connectivity index (χ1n) is 9.20. The molecule has 1 aromatic heterocycles. The van der Waals surface area contributed by atoms with Crippen molar-refractivity contribution in [2.45, 2.75) is 5.75 Å². The summed E-state index contributed by atoms with van der Waals surface area (Å²) in [6, 6.07) is 11.1. The first-order chi connectivity index (χ1) is 14.7. The van der Waals surface area contributed by atoms with Crippen molar-refractivity contribution in [3.05, 3.63) is 72.3 Å². The van der Waals surface area contributed by atoms with Crippen LogP contribution in [0.2, 0.25) is 0 Å². The smallest absolute Gasteiger partial charge is 0.230 e. The van der Waals surface area contributed by atoms with E-state index in [4.69, 9.17) is 14.6 Å². The molecule has 0 spiro atoms. The van der Waals surface area contributed by atoms with Gasteiger partial charge in [0.2, 0.25) is 5.95 Å². The van der Waals surface area contributed by atoms with Crippen molar-refractivity contribution in [2.24, 2.45) is 0 Å². The van der Waals surface area contributed by atoms with Crippen molar-refractivity contribution < 1.29 is 18.4 Å². The zero-order valence-corrected chi connectivity index (χ0v) is 17.7. The lowest BCUT2D eigenvalue weighted by molar-refractivity contribution is 0.288. The standard InChI is InChI=1S/C21H22FN5O3S/c1-14(10-28)11-30-19-9-16(22)6-7-18(19)20-24-13-25-21(27-20)26-17-5-3-4-15(8-17)12-31(2,23)29/h3-9,13,23,28H,1,10-12H2,2H3,(H,24,25,26,27). The van der Waals surface area contributed by atoms with Gasteiger partial charge in [0.15, 0.2) is 5.82 Å². The fourth-order valence-electron chi connectivity index (χ4n) is 2.70. The number of halogens is 1. The SMILES string of the molecule is C=C(CO)COc1cc(F)ccc1-c1ncnc(Nc2cccc(CS(C)(=N)=O)c2)n1. The molecule has 1 unspecified atom stereocenters. The fourth-order valence-corrected chi connectivity index (χ4v) is 3.51. The number of anilines is 2. The molecule has 0 saturated carbocycles. The second-order valence-electron chi connectivity index (χ2n) is 6.94. The molecule has 3 N–H and O–H groups in total. The number of aliphatic hydroxyl groups is 1. The van der Waals surface area contributed by atoms with E-state index in [1.54, 1.807) is 24.3 Å². The van der Waals surface area contributed by atoms with Crippen LogP contribution in [-0.2, 0) is 15.5 Å². The van der Waals surface area contributed by atoms with Gasteiger partial charge < -0.3 is 15.2 Å². The summed E-state index contributed by atoms with van der Waals surface area (Å²) < 4.78 is 38.7. The average molecular weight is 444 g/mol. The Morgan fingerprint density at radius 2 is 2.10 bits per heavy atom. The van der Waals surface area contributed by atoms with Gasteiger partial charge in [-0.15, -0.1) is 0 Å². The molecule has 3 rings (SSSR count). The summed E-state index contributed by atoms with van der Waals surface area (Å²) in [5.74, 6) is 0.378. The molecule has 8 nitrogen and oxygen atoms in total. The van der Waals surface area contributed by atoms with E-state index in [1.807, 2.05) is 0 Å². The Morgan fingerprint density at radius 3 is 2.84 bits per heavy atom. The minimum Gasteiger partial charge on any atom is -0.488 e. The molecule has 10 heteroatoms. The van der Waals surface area contributed by atoms with E-state index in [0.29, 0.717) is 16.8 Å². The van der Waals surface area contributed by atoms with E-state index in [-0.39, 0.29) is 36.5 Å². The van der Waals surface area contributed by atoms with Crippen LogP contribution >= 0.6 is 0 Å². The minimum atomic E-state index is -2.67. The van der Waals surface area contributed by atoms with Crippen LogP contribution in [0, 0.1) is 10.6 Å². The van der Waals surface area contributed by atoms with E-state index < -0.39 is 15.5 Å². The second-order valence-corrected chi connectivity index (χ2v) is 9.24. The number of ether oxygens (including phenoxy) is 1. The molecule has 0 aliphatic rings. The number of aliphatic hydroxyl groups excluding tert-OH is 1. The summed E-state index contributed by atoms with van der Waals surface area (Å²) in [4.78, 5) is 12.6. The molecular weight excluding hydrogens is 421 g/mol. The zero-order valence-electron chi connectivity index (χ0n) is 16.8. The lowest BCUT2D eigenvalue weighted by atomic mass is 10.2. The molecule has 3 aromatic rings. The highest BCUT2D eigenvalue weighted by molar-refractivity contribution is 7.90. The third-order valence-corrected chi connectivity index (χ3v) is 4.92. The van der Waals surface area contributed by atoms with Crippen LogP contribution in [0.3, 0.4) is 0 Å². The van der Waals surface area contributed by atoms with Crippen LogP contribution in [0.25, 0.3) is 11.4 Å². The van der Waals surface area contributed by atoms with E-state index in [1.165, 1.54) is 30.8 Å². The third kappa shape index (κ3) is 6.56. The minimum absolute atomic E-state index is 0.0204. The summed E-state index contributed by atoms with van der Waals surface area (Å²) >= 11 is 0. The molecule has 1 heterocycles. The van der Waals surface area contributed by atoms with E-state index in [2.05, 4.69) is 26.8 Å². The van der Waals surface area contributed by atoms with Crippen molar-refractivity contribution in [2.75, 3.05) is 24.8 Å². The van der Waals surface area contributed by atoms with Gasteiger partial charge in [0, 0.05) is 27.7 Å². The monoisotopic (exact) mass is 443 g/mol. The molecular formula is C21H22FN5O3S. The number of hydrogen-bond donors (Lipinski definition) is 3. The van der Waals surface area contributed by atoms with Crippen LogP contribution in [0.15, 0.2) is 60.9 Å². The number of benzene rings is 2. The van der Waals surface area contributed by atoms with Crippen LogP contribution in [-0.4, -0.2) is 43.7 Å². The average Bonchev–Trinajstić information content (AvgIpc) is 2.71. The van der Waals surface area contributed by atoms with E-state index in [0.717, 1.165) is 5.56 Å². The maximum Gasteiger partial charge on any atom is 0.230 e. The Balaban J connectivity index is 1.86.